The minimum absolute atomic E-state index is 0.0621. The molecule has 0 heterocycles. The van der Waals surface area contributed by atoms with Crippen molar-refractivity contribution >= 4 is 0 Å². The van der Waals surface area contributed by atoms with Gasteiger partial charge in [-0.1, -0.05) is 0 Å². The Morgan fingerprint density at radius 2 is 2.00 bits per heavy atom. The summed E-state index contributed by atoms with van der Waals surface area (Å²) in [6.45, 7) is 1.01. The van der Waals surface area contributed by atoms with Crippen LogP contribution in [0.1, 0.15) is 19.8 Å². The van der Waals surface area contributed by atoms with Gasteiger partial charge < -0.3 is 5.11 Å². The average Bonchev–Trinajstić information content (AvgIpc) is 1.57. The molecule has 1 aliphatic rings. The van der Waals surface area contributed by atoms with Crippen molar-refractivity contribution < 1.29 is 13.9 Å². The van der Waals surface area contributed by atoms with E-state index < -0.39 is 11.8 Å². The first-order valence-corrected chi connectivity index (χ1v) is 3.52. The van der Waals surface area contributed by atoms with Crippen LogP contribution >= 0.6 is 0 Å². The lowest BCUT2D eigenvalue weighted by Gasteiger charge is -2.37. The lowest BCUT2D eigenvalue weighted by molar-refractivity contribution is -0.0971. The summed E-state index contributed by atoms with van der Waals surface area (Å²) in [5.41, 5.74) is 0. The fraction of sp³-hybridized carbons (Fsp3) is 1.00. The van der Waals surface area contributed by atoms with Crippen LogP contribution in [0.5, 0.6) is 0 Å². The third-order valence-electron chi connectivity index (χ3n) is 2.21. The van der Waals surface area contributed by atoms with Crippen molar-refractivity contribution in [2.75, 3.05) is 6.61 Å². The van der Waals surface area contributed by atoms with Gasteiger partial charge in [-0.15, -0.1) is 0 Å². The van der Waals surface area contributed by atoms with Gasteiger partial charge in [-0.3, -0.25) is 0 Å². The summed E-state index contributed by atoms with van der Waals surface area (Å²) in [6.07, 6.45) is 0.972. The van der Waals surface area contributed by atoms with Crippen molar-refractivity contribution in [2.45, 2.75) is 25.7 Å². The Bertz CT molecular complexity index is 113. The topological polar surface area (TPSA) is 20.2 Å². The Balaban J connectivity index is 2.26. The summed E-state index contributed by atoms with van der Waals surface area (Å²) < 4.78 is 24.8. The van der Waals surface area contributed by atoms with E-state index in [1.165, 1.54) is 0 Å². The van der Waals surface area contributed by atoms with E-state index in [2.05, 4.69) is 0 Å². The number of alkyl halides is 2. The number of aliphatic hydroxyl groups is 1. The molecule has 1 aliphatic carbocycles. The molecule has 1 N–H and O–H groups in total. The zero-order valence-corrected chi connectivity index (χ0v) is 5.98. The van der Waals surface area contributed by atoms with Gasteiger partial charge in [0.15, 0.2) is 0 Å². The molecule has 1 nitrogen and oxygen atoms in total. The average molecular weight is 150 g/mol. The van der Waals surface area contributed by atoms with E-state index in [1.54, 1.807) is 0 Å². The number of hydrogen-bond donors (Lipinski definition) is 1. The molecule has 0 aliphatic heterocycles. The van der Waals surface area contributed by atoms with E-state index in [1.807, 2.05) is 0 Å². The Kier molecular flexibility index (Phi) is 1.95. The Labute approximate surface area is 59.0 Å². The van der Waals surface area contributed by atoms with E-state index in [9.17, 15) is 8.78 Å². The van der Waals surface area contributed by atoms with Gasteiger partial charge in [0.25, 0.3) is 0 Å². The number of halogens is 2. The minimum atomic E-state index is -2.54. The molecule has 10 heavy (non-hydrogen) atoms. The molecule has 1 rings (SSSR count). The molecule has 1 saturated carbocycles. The number of rotatable bonds is 2. The van der Waals surface area contributed by atoms with Gasteiger partial charge in [-0.2, -0.15) is 0 Å². The van der Waals surface area contributed by atoms with Gasteiger partial charge in [-0.05, 0) is 25.7 Å². The molecule has 0 aromatic heterocycles. The van der Waals surface area contributed by atoms with Crippen LogP contribution in [0.25, 0.3) is 0 Å². The van der Waals surface area contributed by atoms with E-state index in [0.717, 1.165) is 6.92 Å². The lowest BCUT2D eigenvalue weighted by atomic mass is 9.72. The smallest absolute Gasteiger partial charge is 0.248 e. The standard InChI is InChI=1S/C7H12F2O/c1-7(8,9)6-2-5(3-6)4-10/h5-6,10H,2-4H2,1H3. The van der Waals surface area contributed by atoms with E-state index >= 15 is 0 Å². The van der Waals surface area contributed by atoms with Crippen molar-refractivity contribution in [3.63, 3.8) is 0 Å². The highest BCUT2D eigenvalue weighted by Crippen LogP contribution is 2.43. The highest BCUT2D eigenvalue weighted by molar-refractivity contribution is 4.86. The van der Waals surface area contributed by atoms with Gasteiger partial charge >= 0.3 is 0 Å². The summed E-state index contributed by atoms with van der Waals surface area (Å²) in [7, 11) is 0. The maximum absolute atomic E-state index is 12.4. The predicted molar refractivity (Wildman–Crippen MR) is 33.9 cm³/mol. The largest absolute Gasteiger partial charge is 0.396 e. The zero-order chi connectivity index (χ0) is 7.78. The molecule has 1 fully saturated rings. The SMILES string of the molecule is CC(F)(F)C1CC(CO)C1. The Morgan fingerprint density at radius 1 is 1.50 bits per heavy atom. The van der Waals surface area contributed by atoms with Crippen LogP contribution in [0.4, 0.5) is 8.78 Å². The van der Waals surface area contributed by atoms with Crippen LogP contribution < -0.4 is 0 Å². The van der Waals surface area contributed by atoms with Gasteiger partial charge in [0.1, 0.15) is 0 Å². The summed E-state index contributed by atoms with van der Waals surface area (Å²) >= 11 is 0. The molecule has 0 amide bonds. The third kappa shape index (κ3) is 1.45. The van der Waals surface area contributed by atoms with Crippen molar-refractivity contribution in [2.24, 2.45) is 11.8 Å². The van der Waals surface area contributed by atoms with Crippen LogP contribution in [0.15, 0.2) is 0 Å². The monoisotopic (exact) mass is 150 g/mol. The normalized spacial score (nSPS) is 33.6. The second-order valence-electron chi connectivity index (χ2n) is 3.17. The second-order valence-corrected chi connectivity index (χ2v) is 3.17. The van der Waals surface area contributed by atoms with Gasteiger partial charge in [0.2, 0.25) is 5.92 Å². The van der Waals surface area contributed by atoms with Crippen LogP contribution in [0.3, 0.4) is 0 Å². The molecule has 0 aromatic rings. The molecular weight excluding hydrogens is 138 g/mol. The summed E-state index contributed by atoms with van der Waals surface area (Å²) in [5.74, 6) is -2.88. The zero-order valence-electron chi connectivity index (χ0n) is 5.98. The third-order valence-corrected chi connectivity index (χ3v) is 2.21. The molecule has 0 radical (unpaired) electrons. The van der Waals surface area contributed by atoms with Crippen LogP contribution in [-0.2, 0) is 0 Å². The summed E-state index contributed by atoms with van der Waals surface area (Å²) in [6, 6.07) is 0. The Morgan fingerprint density at radius 3 is 2.30 bits per heavy atom. The molecule has 0 unspecified atom stereocenters. The molecule has 0 bridgehead atoms. The molecule has 3 heteroatoms. The molecule has 0 saturated heterocycles. The Hall–Kier alpha value is -0.180. The number of aliphatic hydroxyl groups excluding tert-OH is 1. The second kappa shape index (κ2) is 2.46. The first-order chi connectivity index (χ1) is 4.54. The van der Waals surface area contributed by atoms with Gasteiger partial charge in [-0.25, -0.2) is 8.78 Å². The first-order valence-electron chi connectivity index (χ1n) is 3.52. The van der Waals surface area contributed by atoms with Crippen LogP contribution in [0, 0.1) is 11.8 Å². The van der Waals surface area contributed by atoms with E-state index in [4.69, 9.17) is 5.11 Å². The van der Waals surface area contributed by atoms with Crippen molar-refractivity contribution in [3.05, 3.63) is 0 Å². The van der Waals surface area contributed by atoms with Crippen molar-refractivity contribution in [1.82, 2.24) is 0 Å². The van der Waals surface area contributed by atoms with Gasteiger partial charge in [0.05, 0.1) is 0 Å². The highest BCUT2D eigenvalue weighted by Gasteiger charge is 2.43. The number of hydrogen-bond acceptors (Lipinski definition) is 1. The lowest BCUT2D eigenvalue weighted by Crippen LogP contribution is -2.37. The predicted octanol–water partition coefficient (Wildman–Crippen LogP) is 1.66. The summed E-state index contributed by atoms with van der Waals surface area (Å²) in [4.78, 5) is 0. The highest BCUT2D eigenvalue weighted by atomic mass is 19.3. The molecule has 60 valence electrons. The van der Waals surface area contributed by atoms with Crippen LogP contribution in [0.2, 0.25) is 0 Å². The fourth-order valence-electron chi connectivity index (χ4n) is 1.30. The van der Waals surface area contributed by atoms with Crippen molar-refractivity contribution in [1.29, 1.82) is 0 Å². The molecule has 0 atom stereocenters. The minimum Gasteiger partial charge on any atom is -0.396 e. The maximum Gasteiger partial charge on any atom is 0.248 e. The maximum atomic E-state index is 12.4. The molecule has 0 spiro atoms. The van der Waals surface area contributed by atoms with E-state index in [-0.39, 0.29) is 12.5 Å². The first kappa shape index (κ1) is 7.92. The molecular formula is C7H12F2O. The fourth-order valence-corrected chi connectivity index (χ4v) is 1.30. The summed E-state index contributed by atoms with van der Waals surface area (Å²) in [5, 5.41) is 8.52. The van der Waals surface area contributed by atoms with Crippen LogP contribution in [-0.4, -0.2) is 17.6 Å². The van der Waals surface area contributed by atoms with Crippen molar-refractivity contribution in [3.8, 4) is 0 Å². The quantitative estimate of drug-likeness (QED) is 0.634. The van der Waals surface area contributed by atoms with Gasteiger partial charge in [0, 0.05) is 12.5 Å². The van der Waals surface area contributed by atoms with E-state index in [0.29, 0.717) is 12.8 Å². The molecule has 0 aromatic carbocycles.